The number of nitriles is 2. The van der Waals surface area contributed by atoms with Crippen molar-refractivity contribution >= 4 is 11.8 Å². The minimum absolute atomic E-state index is 0.588. The molecule has 0 saturated heterocycles. The van der Waals surface area contributed by atoms with Crippen molar-refractivity contribution in [3.63, 3.8) is 0 Å². The van der Waals surface area contributed by atoms with E-state index in [9.17, 15) is 0 Å². The predicted molar refractivity (Wildman–Crippen MR) is 66.4 cm³/mol. The fraction of sp³-hybridized carbons (Fsp3) is 0.500. The molecule has 0 saturated carbocycles. The number of aryl methyl sites for hydroxylation is 1. The van der Waals surface area contributed by atoms with Gasteiger partial charge in [-0.2, -0.15) is 15.6 Å². The van der Waals surface area contributed by atoms with Gasteiger partial charge in [-0.25, -0.2) is 0 Å². The highest BCUT2D eigenvalue weighted by Gasteiger charge is 2.10. The average molecular weight is 246 g/mol. The van der Waals surface area contributed by atoms with E-state index in [1.54, 1.807) is 0 Å². The molecule has 0 aliphatic rings. The van der Waals surface area contributed by atoms with Gasteiger partial charge in [0.2, 0.25) is 0 Å². The second-order valence-electron chi connectivity index (χ2n) is 3.67. The molecule has 88 valence electrons. The van der Waals surface area contributed by atoms with Gasteiger partial charge in [0, 0.05) is 6.42 Å². The Bertz CT molecular complexity index is 471. The molecule has 0 aliphatic heterocycles. The lowest BCUT2D eigenvalue weighted by atomic mass is 10.1. The summed E-state index contributed by atoms with van der Waals surface area (Å²) < 4.78 is 0. The first-order valence-electron chi connectivity index (χ1n) is 5.44. The lowest BCUT2D eigenvalue weighted by Gasteiger charge is -2.05. The normalized spacial score (nSPS) is 9.65. The molecule has 0 amide bonds. The lowest BCUT2D eigenvalue weighted by molar-refractivity contribution is 0.824. The average Bonchev–Trinajstić information content (AvgIpc) is 2.33. The second-order valence-corrected chi connectivity index (χ2v) is 4.75. The number of rotatable bonds is 5. The van der Waals surface area contributed by atoms with Crippen molar-refractivity contribution < 1.29 is 0 Å². The van der Waals surface area contributed by atoms with Crippen LogP contribution < -0.4 is 0 Å². The zero-order valence-electron chi connectivity index (χ0n) is 10.0. The van der Waals surface area contributed by atoms with E-state index in [0.717, 1.165) is 29.9 Å². The maximum Gasteiger partial charge on any atom is 0.137 e. The van der Waals surface area contributed by atoms with Crippen LogP contribution in [0.2, 0.25) is 0 Å². The predicted octanol–water partition coefficient (Wildman–Crippen LogP) is 2.75. The summed E-state index contributed by atoms with van der Waals surface area (Å²) >= 11 is 1.54. The quantitative estimate of drug-likeness (QED) is 0.590. The molecule has 0 unspecified atom stereocenters. The molecule has 0 N–H and O–H groups in total. The SMILES string of the molecule is Cc1nnc(SCCCCC#N)c(C#N)c1C. The zero-order chi connectivity index (χ0) is 12.7. The van der Waals surface area contributed by atoms with E-state index in [1.807, 2.05) is 13.8 Å². The summed E-state index contributed by atoms with van der Waals surface area (Å²) in [6, 6.07) is 4.30. The summed E-state index contributed by atoms with van der Waals surface area (Å²) in [5.41, 5.74) is 2.33. The minimum Gasteiger partial charge on any atom is -0.198 e. The number of hydrogen-bond donors (Lipinski definition) is 0. The minimum atomic E-state index is 0.588. The van der Waals surface area contributed by atoms with Gasteiger partial charge in [-0.1, -0.05) is 0 Å². The van der Waals surface area contributed by atoms with Crippen LogP contribution in [0, 0.1) is 36.5 Å². The number of nitrogens with zero attached hydrogens (tertiary/aromatic N) is 4. The van der Waals surface area contributed by atoms with Crippen LogP contribution in [-0.4, -0.2) is 16.0 Å². The Hall–Kier alpha value is -1.59. The van der Waals surface area contributed by atoms with Crippen molar-refractivity contribution in [1.82, 2.24) is 10.2 Å². The number of thioether (sulfide) groups is 1. The van der Waals surface area contributed by atoms with Crippen molar-refractivity contribution in [2.45, 2.75) is 38.1 Å². The Morgan fingerprint density at radius 3 is 2.59 bits per heavy atom. The van der Waals surface area contributed by atoms with Crippen LogP contribution in [0.1, 0.15) is 36.1 Å². The maximum atomic E-state index is 9.09. The van der Waals surface area contributed by atoms with Crippen LogP contribution in [0.5, 0.6) is 0 Å². The number of unbranched alkanes of at least 4 members (excludes halogenated alkanes) is 2. The summed E-state index contributed by atoms with van der Waals surface area (Å²) in [7, 11) is 0. The van der Waals surface area contributed by atoms with E-state index in [-0.39, 0.29) is 0 Å². The molecule has 0 bridgehead atoms. The molecule has 0 fully saturated rings. The zero-order valence-corrected chi connectivity index (χ0v) is 10.8. The highest BCUT2D eigenvalue weighted by molar-refractivity contribution is 7.99. The third-order valence-corrected chi connectivity index (χ3v) is 3.51. The van der Waals surface area contributed by atoms with E-state index in [2.05, 4.69) is 22.3 Å². The summed E-state index contributed by atoms with van der Waals surface area (Å²) in [6.45, 7) is 3.74. The monoisotopic (exact) mass is 246 g/mol. The van der Waals surface area contributed by atoms with E-state index >= 15 is 0 Å². The highest BCUT2D eigenvalue weighted by atomic mass is 32.2. The van der Waals surface area contributed by atoms with Crippen LogP contribution in [0.4, 0.5) is 0 Å². The Morgan fingerprint density at radius 2 is 1.94 bits per heavy atom. The molecule has 1 rings (SSSR count). The van der Waals surface area contributed by atoms with Crippen LogP contribution >= 0.6 is 11.8 Å². The number of hydrogen-bond acceptors (Lipinski definition) is 5. The first-order chi connectivity index (χ1) is 8.20. The molecule has 0 spiro atoms. The molecule has 0 radical (unpaired) electrons. The van der Waals surface area contributed by atoms with Gasteiger partial charge in [-0.05, 0) is 38.0 Å². The van der Waals surface area contributed by atoms with Crippen LogP contribution in [-0.2, 0) is 0 Å². The van der Waals surface area contributed by atoms with Gasteiger partial charge in [-0.15, -0.1) is 16.9 Å². The summed E-state index contributed by atoms with van der Waals surface area (Å²) in [5, 5.41) is 26.3. The Labute approximate surface area is 106 Å². The molecule has 0 aliphatic carbocycles. The van der Waals surface area contributed by atoms with Gasteiger partial charge in [0.05, 0.1) is 17.3 Å². The molecular formula is C12H14N4S. The maximum absolute atomic E-state index is 9.09. The van der Waals surface area contributed by atoms with E-state index in [4.69, 9.17) is 10.5 Å². The molecule has 4 nitrogen and oxygen atoms in total. The first-order valence-corrected chi connectivity index (χ1v) is 6.43. The van der Waals surface area contributed by atoms with Crippen molar-refractivity contribution in [1.29, 1.82) is 10.5 Å². The van der Waals surface area contributed by atoms with Gasteiger partial charge >= 0.3 is 0 Å². The Kier molecular flexibility index (Phi) is 5.45. The van der Waals surface area contributed by atoms with E-state index in [1.165, 1.54) is 11.8 Å². The van der Waals surface area contributed by atoms with Crippen molar-refractivity contribution in [3.8, 4) is 12.1 Å². The third-order valence-electron chi connectivity index (χ3n) is 2.46. The molecule has 1 heterocycles. The smallest absolute Gasteiger partial charge is 0.137 e. The first kappa shape index (κ1) is 13.5. The van der Waals surface area contributed by atoms with Crippen molar-refractivity contribution in [2.75, 3.05) is 5.75 Å². The van der Waals surface area contributed by atoms with Crippen LogP contribution in [0.15, 0.2) is 5.03 Å². The topological polar surface area (TPSA) is 73.4 Å². The fourth-order valence-corrected chi connectivity index (χ4v) is 2.28. The summed E-state index contributed by atoms with van der Waals surface area (Å²) in [4.78, 5) is 0. The lowest BCUT2D eigenvalue weighted by Crippen LogP contribution is -1.99. The standard InChI is InChI=1S/C12H14N4S/c1-9-10(2)15-16-12(11(9)8-14)17-7-5-3-4-6-13/h3-5,7H2,1-2H3. The molecule has 1 aromatic rings. The molecule has 17 heavy (non-hydrogen) atoms. The number of aromatic nitrogens is 2. The van der Waals surface area contributed by atoms with Gasteiger partial charge in [0.15, 0.2) is 0 Å². The molecule has 0 atom stereocenters. The van der Waals surface area contributed by atoms with Gasteiger partial charge in [0.1, 0.15) is 11.1 Å². The molecule has 0 aromatic carbocycles. The second kappa shape index (κ2) is 6.88. The third kappa shape index (κ3) is 3.72. The largest absolute Gasteiger partial charge is 0.198 e. The van der Waals surface area contributed by atoms with Gasteiger partial charge < -0.3 is 0 Å². The summed E-state index contributed by atoms with van der Waals surface area (Å²) in [5.74, 6) is 0.869. The highest BCUT2D eigenvalue weighted by Crippen LogP contribution is 2.23. The van der Waals surface area contributed by atoms with Crippen LogP contribution in [0.25, 0.3) is 0 Å². The van der Waals surface area contributed by atoms with Crippen molar-refractivity contribution in [3.05, 3.63) is 16.8 Å². The van der Waals surface area contributed by atoms with Crippen molar-refractivity contribution in [2.24, 2.45) is 0 Å². The van der Waals surface area contributed by atoms with Gasteiger partial charge in [0.25, 0.3) is 0 Å². The van der Waals surface area contributed by atoms with E-state index < -0.39 is 0 Å². The Balaban J connectivity index is 2.64. The fourth-order valence-electron chi connectivity index (χ4n) is 1.29. The molecule has 5 heteroatoms. The van der Waals surface area contributed by atoms with E-state index in [0.29, 0.717) is 17.0 Å². The molecule has 1 aromatic heterocycles. The van der Waals surface area contributed by atoms with Crippen LogP contribution in [0.3, 0.4) is 0 Å². The Morgan fingerprint density at radius 1 is 1.18 bits per heavy atom. The summed E-state index contributed by atoms with van der Waals surface area (Å²) in [6.07, 6.45) is 2.44. The van der Waals surface area contributed by atoms with Gasteiger partial charge in [-0.3, -0.25) is 0 Å². The molecular weight excluding hydrogens is 232 g/mol.